The second-order valence-corrected chi connectivity index (χ2v) is 5.25. The number of hydrogen-bond donors (Lipinski definition) is 1. The standard InChI is InChI=1S/C18H14N6/c19-16-6-2-1-5-15(16)13-8-10-14(11-9-13)24-22-18(21-23-24)17-7-3-4-12-20-17/h1-12H,19H2. The van der Waals surface area contributed by atoms with Gasteiger partial charge in [-0.3, -0.25) is 4.98 Å². The predicted octanol–water partition coefficient (Wildman–Crippen LogP) is 2.97. The van der Waals surface area contributed by atoms with Crippen LogP contribution in [0, 0.1) is 0 Å². The summed E-state index contributed by atoms with van der Waals surface area (Å²) in [6.07, 6.45) is 1.70. The molecule has 6 nitrogen and oxygen atoms in total. The fourth-order valence-electron chi connectivity index (χ4n) is 2.46. The highest BCUT2D eigenvalue weighted by Crippen LogP contribution is 2.26. The molecule has 0 radical (unpaired) electrons. The van der Waals surface area contributed by atoms with Gasteiger partial charge in [-0.25, -0.2) is 0 Å². The Hall–Kier alpha value is -3.54. The zero-order chi connectivity index (χ0) is 16.4. The number of rotatable bonds is 3. The maximum atomic E-state index is 6.02. The Balaban J connectivity index is 1.64. The summed E-state index contributed by atoms with van der Waals surface area (Å²) in [6.45, 7) is 0. The van der Waals surface area contributed by atoms with Crippen LogP contribution in [0.5, 0.6) is 0 Å². The van der Waals surface area contributed by atoms with Gasteiger partial charge in [0.05, 0.1) is 5.69 Å². The lowest BCUT2D eigenvalue weighted by Crippen LogP contribution is -1.99. The van der Waals surface area contributed by atoms with E-state index in [1.54, 1.807) is 6.20 Å². The van der Waals surface area contributed by atoms with Crippen LogP contribution in [0.2, 0.25) is 0 Å². The number of anilines is 1. The number of nitrogens with two attached hydrogens (primary N) is 1. The Bertz CT molecular complexity index is 960. The third-order valence-corrected chi connectivity index (χ3v) is 3.68. The first-order valence-electron chi connectivity index (χ1n) is 7.48. The second kappa shape index (κ2) is 5.92. The lowest BCUT2D eigenvalue weighted by atomic mass is 10.0. The van der Waals surface area contributed by atoms with Crippen LogP contribution < -0.4 is 5.73 Å². The summed E-state index contributed by atoms with van der Waals surface area (Å²) in [6, 6.07) is 21.2. The van der Waals surface area contributed by atoms with Crippen LogP contribution in [0.1, 0.15) is 0 Å². The molecule has 0 bridgehead atoms. The maximum absolute atomic E-state index is 6.02. The highest BCUT2D eigenvalue weighted by Gasteiger charge is 2.08. The summed E-state index contributed by atoms with van der Waals surface area (Å²) >= 11 is 0. The van der Waals surface area contributed by atoms with Crippen LogP contribution in [0.4, 0.5) is 5.69 Å². The molecular formula is C18H14N6. The van der Waals surface area contributed by atoms with Gasteiger partial charge in [-0.2, -0.15) is 0 Å². The first-order valence-corrected chi connectivity index (χ1v) is 7.48. The Kier molecular flexibility index (Phi) is 3.47. The second-order valence-electron chi connectivity index (χ2n) is 5.25. The molecule has 0 aliphatic heterocycles. The fraction of sp³-hybridized carbons (Fsp3) is 0. The number of nitrogens with zero attached hydrogens (tertiary/aromatic N) is 5. The van der Waals surface area contributed by atoms with E-state index in [4.69, 9.17) is 5.73 Å². The summed E-state index contributed by atoms with van der Waals surface area (Å²) < 4.78 is 0. The minimum atomic E-state index is 0.493. The van der Waals surface area contributed by atoms with Crippen molar-refractivity contribution in [3.05, 3.63) is 72.9 Å². The van der Waals surface area contributed by atoms with E-state index in [0.29, 0.717) is 11.5 Å². The van der Waals surface area contributed by atoms with E-state index in [1.165, 1.54) is 4.80 Å². The van der Waals surface area contributed by atoms with Crippen molar-refractivity contribution >= 4 is 5.69 Å². The number of para-hydroxylation sites is 1. The lowest BCUT2D eigenvalue weighted by molar-refractivity contribution is 0.720. The van der Waals surface area contributed by atoms with Gasteiger partial charge in [-0.05, 0) is 41.1 Å². The molecule has 0 aliphatic rings. The van der Waals surface area contributed by atoms with E-state index in [0.717, 1.165) is 22.5 Å². The SMILES string of the molecule is Nc1ccccc1-c1ccc(-n2nnc(-c3ccccn3)n2)cc1. The zero-order valence-electron chi connectivity index (χ0n) is 12.7. The molecule has 0 amide bonds. The molecule has 24 heavy (non-hydrogen) atoms. The molecular weight excluding hydrogens is 300 g/mol. The molecule has 0 atom stereocenters. The Morgan fingerprint density at radius 1 is 0.833 bits per heavy atom. The average Bonchev–Trinajstić information content (AvgIpc) is 3.13. The van der Waals surface area contributed by atoms with Crippen LogP contribution in [0.25, 0.3) is 28.3 Å². The summed E-state index contributed by atoms with van der Waals surface area (Å²) in [5.74, 6) is 0.493. The quantitative estimate of drug-likeness (QED) is 0.588. The number of hydrogen-bond acceptors (Lipinski definition) is 5. The number of aromatic nitrogens is 5. The third kappa shape index (κ3) is 2.61. The molecule has 0 spiro atoms. The molecule has 2 aromatic carbocycles. The van der Waals surface area contributed by atoms with Crippen molar-refractivity contribution in [2.45, 2.75) is 0 Å². The third-order valence-electron chi connectivity index (χ3n) is 3.68. The van der Waals surface area contributed by atoms with Gasteiger partial charge in [0.1, 0.15) is 5.69 Å². The minimum Gasteiger partial charge on any atom is -0.398 e. The smallest absolute Gasteiger partial charge is 0.223 e. The largest absolute Gasteiger partial charge is 0.398 e. The molecule has 0 aliphatic carbocycles. The molecule has 0 fully saturated rings. The van der Waals surface area contributed by atoms with Crippen molar-refractivity contribution in [3.63, 3.8) is 0 Å². The molecule has 2 N–H and O–H groups in total. The van der Waals surface area contributed by atoms with Crippen LogP contribution >= 0.6 is 0 Å². The number of tetrazole rings is 1. The summed E-state index contributed by atoms with van der Waals surface area (Å²) in [4.78, 5) is 5.72. The topological polar surface area (TPSA) is 82.5 Å². The highest BCUT2D eigenvalue weighted by molar-refractivity contribution is 5.76. The van der Waals surface area contributed by atoms with Gasteiger partial charge in [-0.15, -0.1) is 15.0 Å². The molecule has 4 aromatic rings. The van der Waals surface area contributed by atoms with E-state index in [1.807, 2.05) is 66.7 Å². The number of benzene rings is 2. The predicted molar refractivity (Wildman–Crippen MR) is 92.2 cm³/mol. The summed E-state index contributed by atoms with van der Waals surface area (Å²) in [5.41, 5.74) is 10.3. The lowest BCUT2D eigenvalue weighted by Gasteiger charge is -2.06. The van der Waals surface area contributed by atoms with Crippen LogP contribution in [-0.4, -0.2) is 25.2 Å². The summed E-state index contributed by atoms with van der Waals surface area (Å²) in [7, 11) is 0. The molecule has 6 heteroatoms. The monoisotopic (exact) mass is 314 g/mol. The van der Waals surface area contributed by atoms with Crippen molar-refractivity contribution in [1.82, 2.24) is 25.2 Å². The Labute approximate surface area is 138 Å². The molecule has 0 saturated carbocycles. The van der Waals surface area contributed by atoms with E-state index in [-0.39, 0.29) is 0 Å². The van der Waals surface area contributed by atoms with Crippen LogP contribution in [0.15, 0.2) is 72.9 Å². The van der Waals surface area contributed by atoms with Crippen LogP contribution in [0.3, 0.4) is 0 Å². The molecule has 4 rings (SSSR count). The van der Waals surface area contributed by atoms with E-state index in [9.17, 15) is 0 Å². The number of nitrogen functional groups attached to an aromatic ring is 1. The van der Waals surface area contributed by atoms with Crippen molar-refractivity contribution < 1.29 is 0 Å². The van der Waals surface area contributed by atoms with Gasteiger partial charge >= 0.3 is 0 Å². The Morgan fingerprint density at radius 3 is 2.38 bits per heavy atom. The first-order chi connectivity index (χ1) is 11.8. The van der Waals surface area contributed by atoms with Gasteiger partial charge < -0.3 is 5.73 Å². The molecule has 0 unspecified atom stereocenters. The van der Waals surface area contributed by atoms with Gasteiger partial charge in [0.2, 0.25) is 5.82 Å². The normalized spacial score (nSPS) is 10.7. The van der Waals surface area contributed by atoms with Gasteiger partial charge in [0, 0.05) is 17.4 Å². The van der Waals surface area contributed by atoms with Crippen molar-refractivity contribution in [2.24, 2.45) is 0 Å². The van der Waals surface area contributed by atoms with Crippen molar-refractivity contribution in [3.8, 4) is 28.3 Å². The molecule has 0 saturated heterocycles. The van der Waals surface area contributed by atoms with Gasteiger partial charge in [0.25, 0.3) is 0 Å². The van der Waals surface area contributed by atoms with Gasteiger partial charge in [0.15, 0.2) is 0 Å². The number of pyridine rings is 1. The Morgan fingerprint density at radius 2 is 1.62 bits per heavy atom. The van der Waals surface area contributed by atoms with E-state index in [2.05, 4.69) is 20.4 Å². The van der Waals surface area contributed by atoms with E-state index >= 15 is 0 Å². The average molecular weight is 314 g/mol. The fourth-order valence-corrected chi connectivity index (χ4v) is 2.46. The first kappa shape index (κ1) is 14.1. The summed E-state index contributed by atoms with van der Waals surface area (Å²) in [5, 5.41) is 12.5. The van der Waals surface area contributed by atoms with Crippen molar-refractivity contribution in [1.29, 1.82) is 0 Å². The molecule has 2 heterocycles. The van der Waals surface area contributed by atoms with Gasteiger partial charge in [-0.1, -0.05) is 36.4 Å². The van der Waals surface area contributed by atoms with Crippen LogP contribution in [-0.2, 0) is 0 Å². The van der Waals surface area contributed by atoms with Crippen molar-refractivity contribution in [2.75, 3.05) is 5.73 Å². The molecule has 116 valence electrons. The molecule has 2 aromatic heterocycles. The zero-order valence-corrected chi connectivity index (χ0v) is 12.7. The van der Waals surface area contributed by atoms with E-state index < -0.39 is 0 Å². The minimum absolute atomic E-state index is 0.493. The highest BCUT2D eigenvalue weighted by atomic mass is 15.6. The maximum Gasteiger partial charge on any atom is 0.223 e.